The fraction of sp³-hybridized carbons (Fsp3) is 0.562. The molecule has 1 aliphatic heterocycles. The van der Waals surface area contributed by atoms with Crippen molar-refractivity contribution in [3.05, 3.63) is 21.3 Å². The lowest BCUT2D eigenvalue weighted by Crippen LogP contribution is -2.56. The zero-order chi connectivity index (χ0) is 17.7. The van der Waals surface area contributed by atoms with Crippen LogP contribution in [-0.2, 0) is 10.3 Å². The summed E-state index contributed by atoms with van der Waals surface area (Å²) < 4.78 is 50.6. The molecule has 1 aliphatic carbocycles. The van der Waals surface area contributed by atoms with Crippen LogP contribution in [0.2, 0.25) is 0 Å². The lowest BCUT2D eigenvalue weighted by Gasteiger charge is -2.50. The van der Waals surface area contributed by atoms with Crippen molar-refractivity contribution in [2.24, 2.45) is 5.92 Å². The standard InChI is InChI=1S/C16H17F3INO3/c1-23-12-8-13(24-2)11(20)7-10(12)15-5-3-9(15)4-6-21(15)14(22)16(17,18)19/h7-9H,3-6H2,1-2H3. The monoisotopic (exact) mass is 455 g/mol. The number of hydrogen-bond acceptors (Lipinski definition) is 3. The summed E-state index contributed by atoms with van der Waals surface area (Å²) in [6.07, 6.45) is -2.97. The molecule has 0 bridgehead atoms. The van der Waals surface area contributed by atoms with Gasteiger partial charge in [-0.2, -0.15) is 13.2 Å². The Kier molecular flexibility index (Phi) is 4.38. The van der Waals surface area contributed by atoms with Gasteiger partial charge in [0.05, 0.1) is 23.3 Å². The fourth-order valence-electron chi connectivity index (χ4n) is 3.98. The molecule has 132 valence electrons. The van der Waals surface area contributed by atoms with Gasteiger partial charge in [0.2, 0.25) is 0 Å². The Morgan fingerprint density at radius 1 is 1.25 bits per heavy atom. The van der Waals surface area contributed by atoms with E-state index >= 15 is 0 Å². The van der Waals surface area contributed by atoms with Gasteiger partial charge >= 0.3 is 12.1 Å². The van der Waals surface area contributed by atoms with Gasteiger partial charge in [0.25, 0.3) is 0 Å². The van der Waals surface area contributed by atoms with E-state index in [0.29, 0.717) is 29.9 Å². The molecular formula is C16H17F3INO3. The molecule has 1 saturated carbocycles. The number of carbonyl (C=O) groups is 1. The quantitative estimate of drug-likeness (QED) is 0.653. The van der Waals surface area contributed by atoms with Crippen molar-refractivity contribution in [3.8, 4) is 11.5 Å². The molecule has 4 nitrogen and oxygen atoms in total. The van der Waals surface area contributed by atoms with Crippen molar-refractivity contribution in [2.75, 3.05) is 20.8 Å². The van der Waals surface area contributed by atoms with E-state index < -0.39 is 17.6 Å². The molecule has 8 heteroatoms. The number of halogens is 4. The van der Waals surface area contributed by atoms with Crippen molar-refractivity contribution < 1.29 is 27.4 Å². The zero-order valence-corrected chi connectivity index (χ0v) is 15.4. The van der Waals surface area contributed by atoms with E-state index in [-0.39, 0.29) is 12.5 Å². The maximum Gasteiger partial charge on any atom is 0.471 e. The maximum absolute atomic E-state index is 13.0. The van der Waals surface area contributed by atoms with E-state index in [2.05, 4.69) is 22.6 Å². The molecule has 2 unspecified atom stereocenters. The SMILES string of the molecule is COc1cc(OC)c(C23CCC2CCN3C(=O)C(F)(F)F)cc1I. The van der Waals surface area contributed by atoms with Crippen molar-refractivity contribution in [1.29, 1.82) is 0 Å². The number of carbonyl (C=O) groups excluding carboxylic acids is 1. The van der Waals surface area contributed by atoms with Gasteiger partial charge in [-0.15, -0.1) is 0 Å². The van der Waals surface area contributed by atoms with Gasteiger partial charge in [-0.05, 0) is 53.8 Å². The number of rotatable bonds is 3. The summed E-state index contributed by atoms with van der Waals surface area (Å²) >= 11 is 2.08. The first-order valence-corrected chi connectivity index (χ1v) is 8.64. The van der Waals surface area contributed by atoms with Gasteiger partial charge in [-0.25, -0.2) is 0 Å². The average molecular weight is 455 g/mol. The molecule has 1 saturated heterocycles. The van der Waals surface area contributed by atoms with Crippen molar-refractivity contribution in [3.63, 3.8) is 0 Å². The third kappa shape index (κ3) is 2.44. The molecule has 3 rings (SSSR count). The largest absolute Gasteiger partial charge is 0.496 e. The number of nitrogens with zero attached hydrogens (tertiary/aromatic N) is 1. The first-order chi connectivity index (χ1) is 11.3. The molecule has 0 radical (unpaired) electrons. The number of amides is 1. The summed E-state index contributed by atoms with van der Waals surface area (Å²) in [5, 5.41) is 0. The highest BCUT2D eigenvalue weighted by molar-refractivity contribution is 14.1. The predicted molar refractivity (Wildman–Crippen MR) is 89.1 cm³/mol. The zero-order valence-electron chi connectivity index (χ0n) is 13.2. The number of likely N-dealkylation sites (tertiary alicyclic amines) is 1. The van der Waals surface area contributed by atoms with Crippen LogP contribution in [0.5, 0.6) is 11.5 Å². The van der Waals surface area contributed by atoms with Gasteiger partial charge in [0.15, 0.2) is 0 Å². The van der Waals surface area contributed by atoms with Crippen LogP contribution in [0, 0.1) is 9.49 Å². The minimum Gasteiger partial charge on any atom is -0.496 e. The number of benzene rings is 1. The second-order valence-electron chi connectivity index (χ2n) is 6.09. The molecule has 24 heavy (non-hydrogen) atoms. The summed E-state index contributed by atoms with van der Waals surface area (Å²) in [4.78, 5) is 13.0. The van der Waals surface area contributed by atoms with Gasteiger partial charge in [-0.1, -0.05) is 0 Å². The molecule has 1 aromatic carbocycles. The molecule has 1 heterocycles. The topological polar surface area (TPSA) is 38.8 Å². The molecule has 0 spiro atoms. The average Bonchev–Trinajstić information content (AvgIpc) is 2.76. The minimum atomic E-state index is -4.87. The van der Waals surface area contributed by atoms with Crippen molar-refractivity contribution in [1.82, 2.24) is 4.90 Å². The number of fused-ring (bicyclic) bond motifs is 1. The van der Waals surface area contributed by atoms with Crippen LogP contribution in [0.25, 0.3) is 0 Å². The third-order valence-electron chi connectivity index (χ3n) is 5.16. The lowest BCUT2D eigenvalue weighted by atomic mass is 9.63. The van der Waals surface area contributed by atoms with Gasteiger partial charge in [0.1, 0.15) is 11.5 Å². The van der Waals surface area contributed by atoms with Crippen LogP contribution in [0.1, 0.15) is 24.8 Å². The summed E-state index contributed by atoms with van der Waals surface area (Å²) in [5.74, 6) is -0.687. The molecule has 1 aromatic rings. The molecule has 2 fully saturated rings. The molecular weight excluding hydrogens is 438 g/mol. The Bertz CT molecular complexity index is 679. The molecule has 1 amide bonds. The van der Waals surface area contributed by atoms with Crippen LogP contribution in [0.3, 0.4) is 0 Å². The summed E-state index contributed by atoms with van der Waals surface area (Å²) in [5.41, 5.74) is -0.286. The Labute approximate surface area is 151 Å². The fourth-order valence-corrected chi connectivity index (χ4v) is 4.67. The highest BCUT2D eigenvalue weighted by Gasteiger charge is 2.62. The normalized spacial score (nSPS) is 25.9. The minimum absolute atomic E-state index is 0.0295. The summed E-state index contributed by atoms with van der Waals surface area (Å²) in [6, 6.07) is 3.46. The van der Waals surface area contributed by atoms with Crippen LogP contribution in [0.15, 0.2) is 12.1 Å². The van der Waals surface area contributed by atoms with Crippen LogP contribution in [0.4, 0.5) is 13.2 Å². The van der Waals surface area contributed by atoms with Gasteiger partial charge < -0.3 is 14.4 Å². The first kappa shape index (κ1) is 17.6. The smallest absolute Gasteiger partial charge is 0.471 e. The third-order valence-corrected chi connectivity index (χ3v) is 6.00. The van der Waals surface area contributed by atoms with Crippen LogP contribution >= 0.6 is 22.6 Å². The lowest BCUT2D eigenvalue weighted by molar-refractivity contribution is -0.194. The van der Waals surface area contributed by atoms with Gasteiger partial charge in [0, 0.05) is 18.2 Å². The summed E-state index contributed by atoms with van der Waals surface area (Å²) in [6.45, 7) is 0.120. The Morgan fingerprint density at radius 2 is 1.92 bits per heavy atom. The molecule has 0 N–H and O–H groups in total. The highest BCUT2D eigenvalue weighted by atomic mass is 127. The summed E-state index contributed by atoms with van der Waals surface area (Å²) in [7, 11) is 3.00. The highest BCUT2D eigenvalue weighted by Crippen LogP contribution is 2.60. The molecule has 2 aliphatic rings. The predicted octanol–water partition coefficient (Wildman–Crippen LogP) is 3.71. The van der Waals surface area contributed by atoms with E-state index in [1.807, 2.05) is 0 Å². The van der Waals surface area contributed by atoms with Crippen LogP contribution in [-0.4, -0.2) is 37.7 Å². The number of methoxy groups -OCH3 is 2. The second-order valence-corrected chi connectivity index (χ2v) is 7.25. The van der Waals surface area contributed by atoms with Crippen molar-refractivity contribution in [2.45, 2.75) is 31.0 Å². The Hall–Kier alpha value is -1.19. The van der Waals surface area contributed by atoms with Crippen LogP contribution < -0.4 is 9.47 Å². The van der Waals surface area contributed by atoms with E-state index in [1.165, 1.54) is 14.2 Å². The number of alkyl halides is 3. The molecule has 2 atom stereocenters. The number of hydrogen-bond donors (Lipinski definition) is 0. The van der Waals surface area contributed by atoms with E-state index in [4.69, 9.17) is 9.47 Å². The van der Waals surface area contributed by atoms with E-state index in [0.717, 1.165) is 14.9 Å². The maximum atomic E-state index is 13.0. The first-order valence-electron chi connectivity index (χ1n) is 7.56. The van der Waals surface area contributed by atoms with Crippen molar-refractivity contribution >= 4 is 28.5 Å². The second kappa shape index (κ2) is 5.96. The van der Waals surface area contributed by atoms with Gasteiger partial charge in [-0.3, -0.25) is 4.79 Å². The van der Waals surface area contributed by atoms with E-state index in [1.54, 1.807) is 12.1 Å². The molecule has 0 aromatic heterocycles. The number of ether oxygens (including phenoxy) is 2. The van der Waals surface area contributed by atoms with E-state index in [9.17, 15) is 18.0 Å². The Balaban J connectivity index is 2.12. The Morgan fingerprint density at radius 3 is 2.42 bits per heavy atom.